The Morgan fingerprint density at radius 3 is 2.73 bits per heavy atom. The van der Waals surface area contributed by atoms with Crippen molar-refractivity contribution in [2.75, 3.05) is 19.7 Å². The molecule has 0 aliphatic carbocycles. The number of hydrogen-bond donors (Lipinski definition) is 0. The van der Waals surface area contributed by atoms with Crippen molar-refractivity contribution in [3.63, 3.8) is 0 Å². The highest BCUT2D eigenvalue weighted by molar-refractivity contribution is 5.78. The van der Waals surface area contributed by atoms with Crippen molar-refractivity contribution >= 4 is 5.91 Å². The Balaban J connectivity index is 1.29. The molecule has 1 spiro atoms. The summed E-state index contributed by atoms with van der Waals surface area (Å²) in [6.07, 6.45) is 6.63. The maximum Gasteiger partial charge on any atom is 0.226 e. The standard InChI is InChI=1S/C21H24N2O3/c24-20(13-17-5-2-1-3-6-17)23-11-8-21(9-12-23)14-19(16-25-21)26-18-7-4-10-22-15-18/h1-7,10,15,19H,8-9,11-14,16H2/t19-/m1/s1. The molecule has 1 atom stereocenters. The smallest absolute Gasteiger partial charge is 0.226 e. The Morgan fingerprint density at radius 1 is 1.19 bits per heavy atom. The first-order valence-electron chi connectivity index (χ1n) is 9.25. The number of pyridine rings is 1. The van der Waals surface area contributed by atoms with Crippen LogP contribution < -0.4 is 4.74 Å². The van der Waals surface area contributed by atoms with E-state index >= 15 is 0 Å². The van der Waals surface area contributed by atoms with Gasteiger partial charge in [0.05, 0.1) is 24.8 Å². The fourth-order valence-corrected chi connectivity index (χ4v) is 3.88. The van der Waals surface area contributed by atoms with Gasteiger partial charge in [0.2, 0.25) is 5.91 Å². The molecule has 0 bridgehead atoms. The molecule has 26 heavy (non-hydrogen) atoms. The number of piperidine rings is 1. The molecule has 5 heteroatoms. The maximum atomic E-state index is 12.5. The summed E-state index contributed by atoms with van der Waals surface area (Å²) in [4.78, 5) is 18.6. The van der Waals surface area contributed by atoms with Crippen LogP contribution in [0.25, 0.3) is 0 Å². The maximum absolute atomic E-state index is 12.5. The quantitative estimate of drug-likeness (QED) is 0.849. The number of carbonyl (C=O) groups excluding carboxylic acids is 1. The van der Waals surface area contributed by atoms with E-state index in [9.17, 15) is 4.79 Å². The second kappa shape index (κ2) is 7.46. The molecule has 136 valence electrons. The zero-order valence-electron chi connectivity index (χ0n) is 14.8. The third kappa shape index (κ3) is 3.88. The summed E-state index contributed by atoms with van der Waals surface area (Å²) >= 11 is 0. The van der Waals surface area contributed by atoms with Gasteiger partial charge in [-0.1, -0.05) is 30.3 Å². The van der Waals surface area contributed by atoms with Gasteiger partial charge in [0.15, 0.2) is 0 Å². The molecule has 2 aliphatic rings. The van der Waals surface area contributed by atoms with E-state index in [1.165, 1.54) is 0 Å². The molecule has 1 aromatic carbocycles. The van der Waals surface area contributed by atoms with Crippen molar-refractivity contribution in [3.8, 4) is 5.75 Å². The lowest BCUT2D eigenvalue weighted by Gasteiger charge is -2.38. The first kappa shape index (κ1) is 17.0. The number of aromatic nitrogens is 1. The third-order valence-electron chi connectivity index (χ3n) is 5.34. The SMILES string of the molecule is O=C(Cc1ccccc1)N1CCC2(CC1)C[C@@H](Oc1cccnc1)CO2. The minimum Gasteiger partial charge on any atom is -0.486 e. The molecular weight excluding hydrogens is 328 g/mol. The predicted molar refractivity (Wildman–Crippen MR) is 97.9 cm³/mol. The number of ether oxygens (including phenoxy) is 2. The summed E-state index contributed by atoms with van der Waals surface area (Å²) in [5.74, 6) is 0.987. The van der Waals surface area contributed by atoms with Gasteiger partial charge in [-0.15, -0.1) is 0 Å². The summed E-state index contributed by atoms with van der Waals surface area (Å²) in [7, 11) is 0. The van der Waals surface area contributed by atoms with Crippen LogP contribution in [0.15, 0.2) is 54.9 Å². The monoisotopic (exact) mass is 352 g/mol. The Bertz CT molecular complexity index is 727. The van der Waals surface area contributed by atoms with Crippen molar-refractivity contribution in [2.24, 2.45) is 0 Å². The second-order valence-electron chi connectivity index (χ2n) is 7.17. The molecule has 2 saturated heterocycles. The van der Waals surface area contributed by atoms with Crippen LogP contribution in [0.2, 0.25) is 0 Å². The summed E-state index contributed by atoms with van der Waals surface area (Å²) in [6, 6.07) is 13.7. The van der Waals surface area contributed by atoms with Gasteiger partial charge in [-0.3, -0.25) is 9.78 Å². The molecule has 0 radical (unpaired) electrons. The van der Waals surface area contributed by atoms with E-state index in [4.69, 9.17) is 9.47 Å². The van der Waals surface area contributed by atoms with Gasteiger partial charge >= 0.3 is 0 Å². The van der Waals surface area contributed by atoms with Crippen LogP contribution in [-0.4, -0.2) is 47.2 Å². The highest BCUT2D eigenvalue weighted by atomic mass is 16.6. The van der Waals surface area contributed by atoms with Gasteiger partial charge in [-0.25, -0.2) is 0 Å². The molecule has 1 aromatic heterocycles. The number of amides is 1. The topological polar surface area (TPSA) is 51.7 Å². The summed E-state index contributed by atoms with van der Waals surface area (Å²) in [6.45, 7) is 2.11. The van der Waals surface area contributed by atoms with E-state index in [1.807, 2.05) is 47.4 Å². The van der Waals surface area contributed by atoms with Crippen LogP contribution >= 0.6 is 0 Å². The highest BCUT2D eigenvalue weighted by Gasteiger charge is 2.44. The second-order valence-corrected chi connectivity index (χ2v) is 7.17. The Hall–Kier alpha value is -2.40. The molecule has 2 fully saturated rings. The Kier molecular flexibility index (Phi) is 4.89. The minimum atomic E-state index is -0.142. The van der Waals surface area contributed by atoms with E-state index in [0.717, 1.165) is 43.7 Å². The number of benzene rings is 1. The van der Waals surface area contributed by atoms with Gasteiger partial charge in [0, 0.05) is 25.7 Å². The Morgan fingerprint density at radius 2 is 2.00 bits per heavy atom. The Labute approximate surface area is 153 Å². The lowest BCUT2D eigenvalue weighted by molar-refractivity contribution is -0.135. The first-order chi connectivity index (χ1) is 12.7. The molecule has 2 aliphatic heterocycles. The third-order valence-corrected chi connectivity index (χ3v) is 5.34. The number of carbonyl (C=O) groups is 1. The molecule has 4 rings (SSSR count). The molecule has 0 saturated carbocycles. The zero-order valence-corrected chi connectivity index (χ0v) is 14.8. The number of hydrogen-bond acceptors (Lipinski definition) is 4. The van der Waals surface area contributed by atoms with Crippen LogP contribution in [0.4, 0.5) is 0 Å². The van der Waals surface area contributed by atoms with E-state index in [0.29, 0.717) is 13.0 Å². The van der Waals surface area contributed by atoms with Crippen LogP contribution in [0.1, 0.15) is 24.8 Å². The predicted octanol–water partition coefficient (Wildman–Crippen LogP) is 2.85. The van der Waals surface area contributed by atoms with Crippen molar-refractivity contribution in [1.82, 2.24) is 9.88 Å². The average Bonchev–Trinajstić information content (AvgIpc) is 3.06. The van der Waals surface area contributed by atoms with Crippen LogP contribution in [-0.2, 0) is 16.0 Å². The van der Waals surface area contributed by atoms with Crippen LogP contribution in [0.5, 0.6) is 5.75 Å². The fourth-order valence-electron chi connectivity index (χ4n) is 3.88. The fraction of sp³-hybridized carbons (Fsp3) is 0.429. The van der Waals surface area contributed by atoms with Gasteiger partial charge in [-0.2, -0.15) is 0 Å². The average molecular weight is 352 g/mol. The van der Waals surface area contributed by atoms with Crippen LogP contribution in [0, 0.1) is 0 Å². The molecule has 2 aromatic rings. The van der Waals surface area contributed by atoms with Gasteiger partial charge in [0.1, 0.15) is 11.9 Å². The van der Waals surface area contributed by atoms with E-state index in [-0.39, 0.29) is 17.6 Å². The molecule has 0 N–H and O–H groups in total. The van der Waals surface area contributed by atoms with E-state index in [2.05, 4.69) is 4.98 Å². The lowest BCUT2D eigenvalue weighted by Crippen LogP contribution is -2.47. The van der Waals surface area contributed by atoms with Crippen molar-refractivity contribution in [1.29, 1.82) is 0 Å². The number of likely N-dealkylation sites (tertiary alicyclic amines) is 1. The minimum absolute atomic E-state index is 0.0609. The molecule has 1 amide bonds. The molecular formula is C21H24N2O3. The van der Waals surface area contributed by atoms with Gasteiger partial charge in [-0.05, 0) is 30.5 Å². The van der Waals surface area contributed by atoms with E-state index < -0.39 is 0 Å². The largest absolute Gasteiger partial charge is 0.486 e. The summed E-state index contributed by atoms with van der Waals surface area (Å²) < 4.78 is 12.1. The molecule has 3 heterocycles. The van der Waals surface area contributed by atoms with Gasteiger partial charge in [0.25, 0.3) is 0 Å². The normalized spacial score (nSPS) is 21.7. The lowest BCUT2D eigenvalue weighted by atomic mass is 9.87. The zero-order chi connectivity index (χ0) is 17.8. The molecule has 0 unspecified atom stereocenters. The van der Waals surface area contributed by atoms with Crippen molar-refractivity contribution < 1.29 is 14.3 Å². The first-order valence-corrected chi connectivity index (χ1v) is 9.25. The number of nitrogens with zero attached hydrogens (tertiary/aromatic N) is 2. The molecule has 5 nitrogen and oxygen atoms in total. The van der Waals surface area contributed by atoms with E-state index in [1.54, 1.807) is 12.4 Å². The van der Waals surface area contributed by atoms with Crippen molar-refractivity contribution in [3.05, 3.63) is 60.4 Å². The summed E-state index contributed by atoms with van der Waals surface area (Å²) in [5.41, 5.74) is 0.927. The number of rotatable bonds is 4. The van der Waals surface area contributed by atoms with Crippen molar-refractivity contribution in [2.45, 2.75) is 37.4 Å². The highest BCUT2D eigenvalue weighted by Crippen LogP contribution is 2.37. The van der Waals surface area contributed by atoms with Gasteiger partial charge < -0.3 is 14.4 Å². The summed E-state index contributed by atoms with van der Waals surface area (Å²) in [5, 5.41) is 0. The van der Waals surface area contributed by atoms with Crippen LogP contribution in [0.3, 0.4) is 0 Å².